The van der Waals surface area contributed by atoms with Gasteiger partial charge in [0.05, 0.1) is 0 Å². The number of carboxylic acid groups (broad SMARTS) is 2. The third kappa shape index (κ3) is 14.0. The number of hydrogen-bond acceptors (Lipinski definition) is 3. The molecule has 1 unspecified atom stereocenters. The van der Waals surface area contributed by atoms with E-state index < -0.39 is 18.0 Å². The Morgan fingerprint density at radius 3 is 1.75 bits per heavy atom. The van der Waals surface area contributed by atoms with E-state index in [-0.39, 0.29) is 18.7 Å². The molecule has 0 aromatic carbocycles. The number of carbonyl (C=O) groups is 3. The van der Waals surface area contributed by atoms with Gasteiger partial charge in [0.15, 0.2) is 0 Å². The minimum atomic E-state index is -1.19. The Morgan fingerprint density at radius 2 is 1.29 bits per heavy atom. The minimum Gasteiger partial charge on any atom is -0.481 e. The largest absolute Gasteiger partial charge is 0.481 e. The lowest BCUT2D eigenvalue weighted by Gasteiger charge is -2.13. The summed E-state index contributed by atoms with van der Waals surface area (Å²) >= 11 is 0. The second-order valence-corrected chi connectivity index (χ2v) is 6.32. The molecular formula is C18H33NO5. The summed E-state index contributed by atoms with van der Waals surface area (Å²) in [5, 5.41) is 20.0. The van der Waals surface area contributed by atoms with E-state index in [1.54, 1.807) is 0 Å². The number of rotatable bonds is 16. The number of hydrogen-bond donors (Lipinski definition) is 3. The summed E-state index contributed by atoms with van der Waals surface area (Å²) in [6.45, 7) is 2.21. The molecule has 0 rings (SSSR count). The molecule has 0 saturated carbocycles. The minimum absolute atomic E-state index is 0.0889. The number of nitrogens with one attached hydrogen (secondary N) is 1. The molecule has 6 heteroatoms. The average Bonchev–Trinajstić information content (AvgIpc) is 2.52. The molecule has 0 aromatic rings. The van der Waals surface area contributed by atoms with Crippen LogP contribution >= 0.6 is 0 Å². The third-order valence-corrected chi connectivity index (χ3v) is 4.04. The third-order valence-electron chi connectivity index (χ3n) is 4.04. The Morgan fingerprint density at radius 1 is 0.792 bits per heavy atom. The Kier molecular flexibility index (Phi) is 14.0. The van der Waals surface area contributed by atoms with Gasteiger partial charge in [-0.1, -0.05) is 64.7 Å². The van der Waals surface area contributed by atoms with Crippen molar-refractivity contribution in [2.75, 3.05) is 0 Å². The van der Waals surface area contributed by atoms with Gasteiger partial charge < -0.3 is 15.5 Å². The van der Waals surface area contributed by atoms with Gasteiger partial charge in [-0.25, -0.2) is 4.79 Å². The normalized spacial score (nSPS) is 11.9. The van der Waals surface area contributed by atoms with Crippen LogP contribution in [0.2, 0.25) is 0 Å². The molecule has 0 heterocycles. The highest BCUT2D eigenvalue weighted by Crippen LogP contribution is 2.11. The maximum atomic E-state index is 11.7. The summed E-state index contributed by atoms with van der Waals surface area (Å²) < 4.78 is 0. The lowest BCUT2D eigenvalue weighted by atomic mass is 10.1. The molecule has 0 bridgehead atoms. The topological polar surface area (TPSA) is 104 Å². The fourth-order valence-corrected chi connectivity index (χ4v) is 2.56. The van der Waals surface area contributed by atoms with Gasteiger partial charge in [-0.2, -0.15) is 0 Å². The van der Waals surface area contributed by atoms with Gasteiger partial charge in [0.1, 0.15) is 6.04 Å². The summed E-state index contributed by atoms with van der Waals surface area (Å²) in [5.41, 5.74) is 0. The van der Waals surface area contributed by atoms with Crippen LogP contribution in [0.15, 0.2) is 0 Å². The Balaban J connectivity index is 3.63. The first-order chi connectivity index (χ1) is 11.5. The smallest absolute Gasteiger partial charge is 0.326 e. The first-order valence-electron chi connectivity index (χ1n) is 9.21. The van der Waals surface area contributed by atoms with E-state index >= 15 is 0 Å². The van der Waals surface area contributed by atoms with Crippen molar-refractivity contribution in [3.05, 3.63) is 0 Å². The highest BCUT2D eigenvalue weighted by molar-refractivity contribution is 5.83. The second kappa shape index (κ2) is 15.0. The van der Waals surface area contributed by atoms with E-state index in [1.807, 2.05) is 0 Å². The lowest BCUT2D eigenvalue weighted by molar-refractivity contribution is -0.143. The first-order valence-corrected chi connectivity index (χ1v) is 9.21. The van der Waals surface area contributed by atoms with Crippen LogP contribution in [0, 0.1) is 0 Å². The first kappa shape index (κ1) is 22.4. The Bertz CT molecular complexity index is 370. The molecule has 0 aliphatic heterocycles. The van der Waals surface area contributed by atoms with E-state index in [1.165, 1.54) is 44.9 Å². The van der Waals surface area contributed by atoms with Gasteiger partial charge >= 0.3 is 11.9 Å². The number of unbranched alkanes of at least 4 members (excludes halogenated alkanes) is 9. The van der Waals surface area contributed by atoms with Gasteiger partial charge in [0.25, 0.3) is 0 Å². The molecule has 0 spiro atoms. The number of amides is 1. The Labute approximate surface area is 145 Å². The predicted molar refractivity (Wildman–Crippen MR) is 92.9 cm³/mol. The fraction of sp³-hybridized carbons (Fsp3) is 0.833. The van der Waals surface area contributed by atoms with E-state index in [0.29, 0.717) is 6.42 Å². The van der Waals surface area contributed by atoms with E-state index in [9.17, 15) is 14.4 Å². The fourth-order valence-electron chi connectivity index (χ4n) is 2.56. The van der Waals surface area contributed by atoms with Gasteiger partial charge in [-0.05, 0) is 12.8 Å². The SMILES string of the molecule is CCCCCCCCCCCCC(=O)NC(CCC(=O)O)C(=O)O. The van der Waals surface area contributed by atoms with Gasteiger partial charge in [-0.3, -0.25) is 9.59 Å². The van der Waals surface area contributed by atoms with Crippen molar-refractivity contribution < 1.29 is 24.6 Å². The zero-order chi connectivity index (χ0) is 18.2. The zero-order valence-corrected chi connectivity index (χ0v) is 14.9. The summed E-state index contributed by atoms with van der Waals surface area (Å²) in [6, 6.07) is -1.11. The van der Waals surface area contributed by atoms with Crippen LogP contribution in [0.4, 0.5) is 0 Å². The molecule has 1 atom stereocenters. The molecule has 1 amide bonds. The van der Waals surface area contributed by atoms with Crippen molar-refractivity contribution in [1.29, 1.82) is 0 Å². The van der Waals surface area contributed by atoms with E-state index in [0.717, 1.165) is 19.3 Å². The summed E-state index contributed by atoms with van der Waals surface area (Å²) in [6.07, 6.45) is 11.7. The molecule has 0 fully saturated rings. The van der Waals surface area contributed by atoms with Crippen LogP contribution in [0.3, 0.4) is 0 Å². The second-order valence-electron chi connectivity index (χ2n) is 6.32. The molecule has 24 heavy (non-hydrogen) atoms. The highest BCUT2D eigenvalue weighted by Gasteiger charge is 2.20. The van der Waals surface area contributed by atoms with Crippen LogP contribution in [-0.2, 0) is 14.4 Å². The monoisotopic (exact) mass is 343 g/mol. The average molecular weight is 343 g/mol. The van der Waals surface area contributed by atoms with Crippen LogP contribution in [-0.4, -0.2) is 34.1 Å². The molecule has 140 valence electrons. The van der Waals surface area contributed by atoms with Crippen LogP contribution in [0.1, 0.15) is 90.4 Å². The zero-order valence-electron chi connectivity index (χ0n) is 14.9. The molecule has 0 saturated heterocycles. The van der Waals surface area contributed by atoms with Gasteiger partial charge in [0, 0.05) is 12.8 Å². The lowest BCUT2D eigenvalue weighted by Crippen LogP contribution is -2.41. The maximum absolute atomic E-state index is 11.7. The standard InChI is InChI=1S/C18H33NO5/c1-2-3-4-5-6-7-8-9-10-11-12-16(20)19-15(18(23)24)13-14-17(21)22/h15H,2-14H2,1H3,(H,19,20)(H,21,22)(H,23,24). The Hall–Kier alpha value is -1.59. The van der Waals surface area contributed by atoms with Crippen molar-refractivity contribution >= 4 is 17.8 Å². The molecule has 0 radical (unpaired) electrons. The number of carboxylic acids is 2. The number of carbonyl (C=O) groups excluding carboxylic acids is 1. The summed E-state index contributed by atoms with van der Waals surface area (Å²) in [4.78, 5) is 33.2. The summed E-state index contributed by atoms with van der Waals surface area (Å²) in [7, 11) is 0. The molecule has 0 aromatic heterocycles. The summed E-state index contributed by atoms with van der Waals surface area (Å²) in [5.74, 6) is -2.56. The van der Waals surface area contributed by atoms with Crippen molar-refractivity contribution in [2.24, 2.45) is 0 Å². The van der Waals surface area contributed by atoms with Crippen LogP contribution in [0.5, 0.6) is 0 Å². The molecule has 6 nitrogen and oxygen atoms in total. The predicted octanol–water partition coefficient (Wildman–Crippen LogP) is 3.73. The van der Waals surface area contributed by atoms with Crippen molar-refractivity contribution in [1.82, 2.24) is 5.32 Å². The van der Waals surface area contributed by atoms with Crippen LogP contribution < -0.4 is 5.32 Å². The maximum Gasteiger partial charge on any atom is 0.326 e. The van der Waals surface area contributed by atoms with Gasteiger partial charge in [0.2, 0.25) is 5.91 Å². The van der Waals surface area contributed by atoms with E-state index in [4.69, 9.17) is 10.2 Å². The quantitative estimate of drug-likeness (QED) is 0.370. The number of aliphatic carboxylic acids is 2. The van der Waals surface area contributed by atoms with Crippen molar-refractivity contribution in [3.8, 4) is 0 Å². The van der Waals surface area contributed by atoms with Crippen LogP contribution in [0.25, 0.3) is 0 Å². The van der Waals surface area contributed by atoms with E-state index in [2.05, 4.69) is 12.2 Å². The molecule has 3 N–H and O–H groups in total. The highest BCUT2D eigenvalue weighted by atomic mass is 16.4. The molecule has 0 aliphatic carbocycles. The molecule has 0 aliphatic rings. The van der Waals surface area contributed by atoms with Gasteiger partial charge in [-0.15, -0.1) is 0 Å². The van der Waals surface area contributed by atoms with Crippen molar-refractivity contribution in [2.45, 2.75) is 96.4 Å². The van der Waals surface area contributed by atoms with Crippen molar-refractivity contribution in [3.63, 3.8) is 0 Å². The molecular weight excluding hydrogens is 310 g/mol.